The average Bonchev–Trinajstić information content (AvgIpc) is 2.41. The van der Waals surface area contributed by atoms with Crippen molar-refractivity contribution in [2.45, 2.75) is 0 Å². The highest BCUT2D eigenvalue weighted by Gasteiger charge is 2.11. The lowest BCUT2D eigenvalue weighted by Gasteiger charge is -1.96. The fourth-order valence-electron chi connectivity index (χ4n) is 1.38. The molecule has 0 bridgehead atoms. The van der Waals surface area contributed by atoms with E-state index < -0.39 is 5.69 Å². The quantitative estimate of drug-likeness (QED) is 0.456. The van der Waals surface area contributed by atoms with Crippen molar-refractivity contribution in [1.82, 2.24) is 9.24 Å². The zero-order chi connectivity index (χ0) is 10.3. The predicted molar refractivity (Wildman–Crippen MR) is 58.5 cm³/mol. The van der Waals surface area contributed by atoms with E-state index in [0.29, 0.717) is 11.0 Å². The van der Waals surface area contributed by atoms with Crippen LogP contribution in [0.5, 0.6) is 0 Å². The Morgan fingerprint density at radius 3 is 2.43 bits per heavy atom. The number of hydrogen-bond acceptors (Lipinski definition) is 3. The maximum Gasteiger partial charge on any atom is 0.353 e. The highest BCUT2D eigenvalue weighted by atomic mass is 32.1. The Labute approximate surface area is 84.5 Å². The van der Waals surface area contributed by atoms with E-state index in [4.69, 9.17) is 23.8 Å². The lowest BCUT2D eigenvalue weighted by molar-refractivity contribution is 0.925. The molecule has 5 nitrogen and oxygen atoms in total. The van der Waals surface area contributed by atoms with Crippen LogP contribution in [0, 0.1) is 0 Å². The number of rotatable bonds is 0. The first-order chi connectivity index (χ1) is 6.63. The molecule has 0 aliphatic carbocycles. The van der Waals surface area contributed by atoms with E-state index in [0.717, 1.165) is 4.68 Å². The molecule has 0 saturated carbocycles. The third-order valence-electron chi connectivity index (χ3n) is 2.00. The van der Waals surface area contributed by atoms with Crippen LogP contribution in [0.25, 0.3) is 11.0 Å². The van der Waals surface area contributed by atoms with Gasteiger partial charge in [-0.05, 0) is 24.4 Å². The summed E-state index contributed by atoms with van der Waals surface area (Å²) in [7, 11) is 0. The number of imidazole rings is 1. The topological polar surface area (TPSA) is 79.0 Å². The summed E-state index contributed by atoms with van der Waals surface area (Å²) in [5.74, 6) is 5.54. The number of benzene rings is 1. The SMILES string of the molecule is NC(=S)n1c(=O)n(N)c2ccccc21. The van der Waals surface area contributed by atoms with Gasteiger partial charge in [-0.2, -0.15) is 0 Å². The number of hydrogen-bond donors (Lipinski definition) is 2. The van der Waals surface area contributed by atoms with E-state index in [2.05, 4.69) is 0 Å². The number of fused-ring (bicyclic) bond motifs is 1. The van der Waals surface area contributed by atoms with Crippen molar-refractivity contribution >= 4 is 28.4 Å². The molecule has 0 saturated heterocycles. The highest BCUT2D eigenvalue weighted by Crippen LogP contribution is 2.09. The second-order valence-corrected chi connectivity index (χ2v) is 3.23. The van der Waals surface area contributed by atoms with Crippen LogP contribution in [0.2, 0.25) is 0 Å². The van der Waals surface area contributed by atoms with Crippen molar-refractivity contribution < 1.29 is 0 Å². The van der Waals surface area contributed by atoms with Gasteiger partial charge in [0.25, 0.3) is 0 Å². The molecule has 2 rings (SSSR count). The predicted octanol–water partition coefficient (Wildman–Crippen LogP) is -0.391. The largest absolute Gasteiger partial charge is 0.375 e. The summed E-state index contributed by atoms with van der Waals surface area (Å²) in [6.07, 6.45) is 0. The molecule has 0 amide bonds. The van der Waals surface area contributed by atoms with Gasteiger partial charge in [-0.3, -0.25) is 0 Å². The summed E-state index contributed by atoms with van der Waals surface area (Å²) < 4.78 is 2.22. The normalized spacial score (nSPS) is 10.6. The molecular weight excluding hydrogens is 200 g/mol. The number of aromatic nitrogens is 2. The van der Waals surface area contributed by atoms with E-state index >= 15 is 0 Å². The standard InChI is InChI=1S/C8H8N4OS/c9-7(14)11-5-3-1-2-4-6(5)12(10)8(11)13/h1-4H,10H2,(H2,9,14). The van der Waals surface area contributed by atoms with Gasteiger partial charge in [-0.25, -0.2) is 14.0 Å². The van der Waals surface area contributed by atoms with Gasteiger partial charge < -0.3 is 11.6 Å². The second kappa shape index (κ2) is 2.85. The Balaban J connectivity index is 3.03. The van der Waals surface area contributed by atoms with Gasteiger partial charge in [0.2, 0.25) is 0 Å². The van der Waals surface area contributed by atoms with E-state index in [9.17, 15) is 4.79 Å². The molecule has 72 valence electrons. The molecular formula is C8H8N4OS. The molecule has 6 heteroatoms. The zero-order valence-electron chi connectivity index (χ0n) is 7.18. The van der Waals surface area contributed by atoms with Crippen LogP contribution in [0.1, 0.15) is 0 Å². The molecule has 4 N–H and O–H groups in total. The summed E-state index contributed by atoms with van der Waals surface area (Å²) in [5, 5.41) is -0.00426. The lowest BCUT2D eigenvalue weighted by Crippen LogP contribution is -2.35. The fraction of sp³-hybridized carbons (Fsp3) is 0. The summed E-state index contributed by atoms with van der Waals surface area (Å²) in [5.41, 5.74) is 6.21. The van der Waals surface area contributed by atoms with Gasteiger partial charge >= 0.3 is 5.69 Å². The number of nitrogen functional groups attached to an aromatic ring is 1. The van der Waals surface area contributed by atoms with E-state index in [1.54, 1.807) is 24.3 Å². The molecule has 0 fully saturated rings. The van der Waals surface area contributed by atoms with Gasteiger partial charge in [-0.15, -0.1) is 0 Å². The van der Waals surface area contributed by atoms with Crippen molar-refractivity contribution in [3.63, 3.8) is 0 Å². The minimum absolute atomic E-state index is 0.00426. The molecule has 1 heterocycles. The van der Waals surface area contributed by atoms with E-state index in [-0.39, 0.29) is 5.11 Å². The van der Waals surface area contributed by atoms with Crippen LogP contribution in [-0.2, 0) is 0 Å². The molecule has 0 aliphatic heterocycles. The van der Waals surface area contributed by atoms with Crippen LogP contribution in [0.3, 0.4) is 0 Å². The molecule has 14 heavy (non-hydrogen) atoms. The number of thiocarbonyl (C=S) groups is 1. The first-order valence-corrected chi connectivity index (χ1v) is 4.31. The monoisotopic (exact) mass is 208 g/mol. The fourth-order valence-corrected chi connectivity index (χ4v) is 1.56. The highest BCUT2D eigenvalue weighted by molar-refractivity contribution is 7.80. The van der Waals surface area contributed by atoms with Gasteiger partial charge in [-0.1, -0.05) is 12.1 Å². The van der Waals surface area contributed by atoms with Gasteiger partial charge in [0, 0.05) is 0 Å². The van der Waals surface area contributed by atoms with Gasteiger partial charge in [0.05, 0.1) is 11.0 Å². The van der Waals surface area contributed by atoms with Gasteiger partial charge in [0.1, 0.15) is 0 Å². The molecule has 1 aromatic carbocycles. The van der Waals surface area contributed by atoms with E-state index in [1.807, 2.05) is 0 Å². The maximum atomic E-state index is 11.6. The first-order valence-electron chi connectivity index (χ1n) is 3.90. The smallest absolute Gasteiger partial charge is 0.353 e. The Hall–Kier alpha value is -1.82. The maximum absolute atomic E-state index is 11.6. The minimum Gasteiger partial charge on any atom is -0.375 e. The minimum atomic E-state index is -0.432. The number of nitrogens with two attached hydrogens (primary N) is 2. The summed E-state index contributed by atoms with van der Waals surface area (Å²) in [4.78, 5) is 11.6. The molecule has 0 aliphatic rings. The summed E-state index contributed by atoms with van der Waals surface area (Å²) >= 11 is 4.76. The molecule has 1 aromatic heterocycles. The van der Waals surface area contributed by atoms with E-state index in [1.165, 1.54) is 4.57 Å². The van der Waals surface area contributed by atoms with Crippen LogP contribution >= 0.6 is 12.2 Å². The van der Waals surface area contributed by atoms with Crippen molar-refractivity contribution in [2.75, 3.05) is 5.84 Å². The molecule has 0 spiro atoms. The zero-order valence-corrected chi connectivity index (χ0v) is 7.99. The third-order valence-corrected chi connectivity index (χ3v) is 2.18. The molecule has 0 unspecified atom stereocenters. The van der Waals surface area contributed by atoms with Gasteiger partial charge in [0.15, 0.2) is 5.11 Å². The first kappa shape index (κ1) is 8.76. The van der Waals surface area contributed by atoms with Crippen LogP contribution in [0.15, 0.2) is 29.1 Å². The third kappa shape index (κ3) is 1.01. The second-order valence-electron chi connectivity index (χ2n) is 2.81. The molecule has 2 aromatic rings. The summed E-state index contributed by atoms with van der Waals surface area (Å²) in [6.45, 7) is 0. The lowest BCUT2D eigenvalue weighted by atomic mass is 10.3. The van der Waals surface area contributed by atoms with Crippen molar-refractivity contribution in [1.29, 1.82) is 0 Å². The van der Waals surface area contributed by atoms with Crippen LogP contribution < -0.4 is 17.3 Å². The molecule has 0 radical (unpaired) electrons. The van der Waals surface area contributed by atoms with Crippen LogP contribution in [0.4, 0.5) is 0 Å². The molecule has 0 atom stereocenters. The van der Waals surface area contributed by atoms with Crippen molar-refractivity contribution in [3.8, 4) is 0 Å². The Bertz CT molecular complexity index is 568. The Morgan fingerprint density at radius 1 is 1.29 bits per heavy atom. The Kier molecular flexibility index (Phi) is 1.78. The number of para-hydroxylation sites is 2. The summed E-state index contributed by atoms with van der Waals surface area (Å²) in [6, 6.07) is 7.04. The average molecular weight is 208 g/mol. The number of nitrogens with zero attached hydrogens (tertiary/aromatic N) is 2. The Morgan fingerprint density at radius 2 is 1.86 bits per heavy atom. The van der Waals surface area contributed by atoms with Crippen molar-refractivity contribution in [3.05, 3.63) is 34.7 Å². The van der Waals surface area contributed by atoms with Crippen LogP contribution in [-0.4, -0.2) is 14.4 Å². The van der Waals surface area contributed by atoms with Crippen molar-refractivity contribution in [2.24, 2.45) is 5.73 Å².